The van der Waals surface area contributed by atoms with Gasteiger partial charge in [-0.25, -0.2) is 4.79 Å². The molecule has 1 saturated heterocycles. The van der Waals surface area contributed by atoms with Crippen LogP contribution in [0.1, 0.15) is 18.6 Å². The van der Waals surface area contributed by atoms with E-state index >= 15 is 0 Å². The van der Waals surface area contributed by atoms with Crippen molar-refractivity contribution in [2.75, 3.05) is 7.11 Å². The Balaban J connectivity index is 2.39. The highest BCUT2D eigenvalue weighted by atomic mass is 16.7. The molecule has 0 N–H and O–H groups in total. The first-order valence-electron chi connectivity index (χ1n) is 5.66. The predicted octanol–water partition coefficient (Wildman–Crippen LogP) is 1.57. The highest BCUT2D eigenvalue weighted by Gasteiger charge is 2.43. The second-order valence-electron chi connectivity index (χ2n) is 4.02. The molecule has 7 nitrogen and oxygen atoms in total. The SMILES string of the molecule is COC(=O)C1OC(C)OC1c1ccccc1[N+](=O)[O-]. The Morgan fingerprint density at radius 1 is 1.37 bits per heavy atom. The maximum atomic E-state index is 11.6. The van der Waals surface area contributed by atoms with E-state index in [-0.39, 0.29) is 5.69 Å². The number of carbonyl (C=O) groups excluding carboxylic acids is 1. The monoisotopic (exact) mass is 267 g/mol. The number of ether oxygens (including phenoxy) is 3. The van der Waals surface area contributed by atoms with E-state index in [4.69, 9.17) is 9.47 Å². The van der Waals surface area contributed by atoms with Crippen LogP contribution in [0.4, 0.5) is 5.69 Å². The molecule has 0 bridgehead atoms. The number of esters is 1. The van der Waals surface area contributed by atoms with Gasteiger partial charge in [0.05, 0.1) is 17.6 Å². The standard InChI is InChI=1S/C12H13NO6/c1-7-18-10(11(19-7)12(14)17-2)8-5-3-4-6-9(8)13(15)16/h3-7,10-11H,1-2H3. The molecule has 0 aromatic heterocycles. The number of benzene rings is 1. The number of methoxy groups -OCH3 is 1. The van der Waals surface area contributed by atoms with Crippen molar-refractivity contribution in [1.82, 2.24) is 0 Å². The summed E-state index contributed by atoms with van der Waals surface area (Å²) < 4.78 is 15.4. The molecule has 102 valence electrons. The van der Waals surface area contributed by atoms with Gasteiger partial charge in [-0.05, 0) is 13.0 Å². The minimum Gasteiger partial charge on any atom is -0.467 e. The maximum Gasteiger partial charge on any atom is 0.338 e. The van der Waals surface area contributed by atoms with Crippen LogP contribution in [0.15, 0.2) is 24.3 Å². The number of nitro benzene ring substituents is 1. The van der Waals surface area contributed by atoms with Gasteiger partial charge in [0.2, 0.25) is 0 Å². The molecule has 3 atom stereocenters. The number of carbonyl (C=O) groups is 1. The second kappa shape index (κ2) is 5.33. The maximum absolute atomic E-state index is 11.6. The lowest BCUT2D eigenvalue weighted by atomic mass is 10.0. The number of nitro groups is 1. The molecular formula is C12H13NO6. The zero-order valence-electron chi connectivity index (χ0n) is 10.4. The summed E-state index contributed by atoms with van der Waals surface area (Å²) >= 11 is 0. The predicted molar refractivity (Wildman–Crippen MR) is 63.3 cm³/mol. The summed E-state index contributed by atoms with van der Waals surface area (Å²) in [6, 6.07) is 6.09. The zero-order valence-corrected chi connectivity index (χ0v) is 10.4. The fourth-order valence-electron chi connectivity index (χ4n) is 2.01. The molecule has 0 aliphatic carbocycles. The van der Waals surface area contributed by atoms with Gasteiger partial charge < -0.3 is 14.2 Å². The van der Waals surface area contributed by atoms with E-state index in [1.54, 1.807) is 25.1 Å². The molecule has 0 saturated carbocycles. The molecule has 1 heterocycles. The van der Waals surface area contributed by atoms with Crippen LogP contribution >= 0.6 is 0 Å². The van der Waals surface area contributed by atoms with Crippen LogP contribution in [0.2, 0.25) is 0 Å². The summed E-state index contributed by atoms with van der Waals surface area (Å²) in [7, 11) is 1.23. The van der Waals surface area contributed by atoms with Crippen LogP contribution < -0.4 is 0 Å². The molecule has 1 aromatic carbocycles. The zero-order chi connectivity index (χ0) is 14.0. The van der Waals surface area contributed by atoms with Crippen molar-refractivity contribution in [2.24, 2.45) is 0 Å². The first-order valence-corrected chi connectivity index (χ1v) is 5.66. The Morgan fingerprint density at radius 2 is 2.05 bits per heavy atom. The van der Waals surface area contributed by atoms with Crippen molar-refractivity contribution >= 4 is 11.7 Å². The third kappa shape index (κ3) is 2.56. The van der Waals surface area contributed by atoms with E-state index in [2.05, 4.69) is 4.74 Å². The second-order valence-corrected chi connectivity index (χ2v) is 4.02. The summed E-state index contributed by atoms with van der Waals surface area (Å²) in [4.78, 5) is 22.1. The van der Waals surface area contributed by atoms with E-state index in [0.29, 0.717) is 5.56 Å². The molecule has 7 heteroatoms. The van der Waals surface area contributed by atoms with Crippen LogP contribution in [0.25, 0.3) is 0 Å². The van der Waals surface area contributed by atoms with E-state index in [0.717, 1.165) is 0 Å². The normalized spacial score (nSPS) is 26.1. The minimum atomic E-state index is -0.999. The molecular weight excluding hydrogens is 254 g/mol. The first kappa shape index (κ1) is 13.4. The highest BCUT2D eigenvalue weighted by Crippen LogP contribution is 2.37. The smallest absolute Gasteiger partial charge is 0.338 e. The third-order valence-electron chi connectivity index (χ3n) is 2.82. The number of rotatable bonds is 3. The molecule has 1 aliphatic heterocycles. The van der Waals surface area contributed by atoms with E-state index in [1.807, 2.05) is 0 Å². The summed E-state index contributed by atoms with van der Waals surface area (Å²) in [6.07, 6.45) is -2.47. The largest absolute Gasteiger partial charge is 0.467 e. The van der Waals surface area contributed by atoms with E-state index in [9.17, 15) is 14.9 Å². The van der Waals surface area contributed by atoms with Gasteiger partial charge in [0.15, 0.2) is 12.4 Å². The summed E-state index contributed by atoms with van der Waals surface area (Å²) in [5, 5.41) is 11.0. The van der Waals surface area contributed by atoms with Gasteiger partial charge >= 0.3 is 5.97 Å². The molecule has 19 heavy (non-hydrogen) atoms. The van der Waals surface area contributed by atoms with E-state index in [1.165, 1.54) is 13.2 Å². The lowest BCUT2D eigenvalue weighted by molar-refractivity contribution is -0.386. The lowest BCUT2D eigenvalue weighted by Gasteiger charge is -2.14. The Hall–Kier alpha value is -1.99. The van der Waals surface area contributed by atoms with Gasteiger partial charge in [-0.15, -0.1) is 0 Å². The van der Waals surface area contributed by atoms with Crippen molar-refractivity contribution in [3.8, 4) is 0 Å². The number of hydrogen-bond acceptors (Lipinski definition) is 6. The van der Waals surface area contributed by atoms with Gasteiger partial charge in [-0.3, -0.25) is 10.1 Å². The van der Waals surface area contributed by atoms with Crippen molar-refractivity contribution in [2.45, 2.75) is 25.4 Å². The molecule has 1 aromatic rings. The van der Waals surface area contributed by atoms with Crippen molar-refractivity contribution < 1.29 is 23.9 Å². The molecule has 0 spiro atoms. The first-order chi connectivity index (χ1) is 9.04. The Kier molecular flexibility index (Phi) is 3.77. The van der Waals surface area contributed by atoms with Crippen LogP contribution in [0.3, 0.4) is 0 Å². The average molecular weight is 267 g/mol. The average Bonchev–Trinajstić information content (AvgIpc) is 2.79. The van der Waals surface area contributed by atoms with Gasteiger partial charge in [0.1, 0.15) is 6.10 Å². The quantitative estimate of drug-likeness (QED) is 0.469. The van der Waals surface area contributed by atoms with Crippen molar-refractivity contribution in [3.63, 3.8) is 0 Å². The van der Waals surface area contributed by atoms with Crippen LogP contribution in [0.5, 0.6) is 0 Å². The number of para-hydroxylation sites is 1. The molecule has 2 rings (SSSR count). The fraction of sp³-hybridized carbons (Fsp3) is 0.417. The van der Waals surface area contributed by atoms with E-state index < -0.39 is 29.4 Å². The molecule has 0 amide bonds. The Morgan fingerprint density at radius 3 is 2.68 bits per heavy atom. The summed E-state index contributed by atoms with van der Waals surface area (Å²) in [6.45, 7) is 1.62. The van der Waals surface area contributed by atoms with Gasteiger partial charge in [-0.1, -0.05) is 12.1 Å². The third-order valence-corrected chi connectivity index (χ3v) is 2.82. The fourth-order valence-corrected chi connectivity index (χ4v) is 2.01. The van der Waals surface area contributed by atoms with Crippen LogP contribution in [-0.2, 0) is 19.0 Å². The summed E-state index contributed by atoms with van der Waals surface area (Å²) in [5.41, 5.74) is 0.186. The Labute approximate surface area is 109 Å². The van der Waals surface area contributed by atoms with Crippen molar-refractivity contribution in [3.05, 3.63) is 39.9 Å². The Bertz CT molecular complexity index is 503. The van der Waals surface area contributed by atoms with Crippen LogP contribution in [-0.4, -0.2) is 30.4 Å². The molecule has 1 aliphatic rings. The van der Waals surface area contributed by atoms with Crippen LogP contribution in [0, 0.1) is 10.1 Å². The van der Waals surface area contributed by atoms with Gasteiger partial charge in [0.25, 0.3) is 5.69 Å². The van der Waals surface area contributed by atoms with Gasteiger partial charge in [0, 0.05) is 6.07 Å². The number of nitrogens with zero attached hydrogens (tertiary/aromatic N) is 1. The summed E-state index contributed by atoms with van der Waals surface area (Å²) in [5.74, 6) is -0.618. The molecule has 1 fully saturated rings. The van der Waals surface area contributed by atoms with Gasteiger partial charge in [-0.2, -0.15) is 0 Å². The van der Waals surface area contributed by atoms with Crippen molar-refractivity contribution in [1.29, 1.82) is 0 Å². The molecule has 0 radical (unpaired) electrons. The topological polar surface area (TPSA) is 87.9 Å². The number of hydrogen-bond donors (Lipinski definition) is 0. The molecule has 3 unspecified atom stereocenters. The minimum absolute atomic E-state index is 0.112. The lowest BCUT2D eigenvalue weighted by Crippen LogP contribution is -2.27. The highest BCUT2D eigenvalue weighted by molar-refractivity contribution is 5.76.